The summed E-state index contributed by atoms with van der Waals surface area (Å²) in [5, 5.41) is 14.6. The second-order valence-corrected chi connectivity index (χ2v) is 6.68. The normalized spacial score (nSPS) is 11.3. The second-order valence-electron chi connectivity index (χ2n) is 6.68. The minimum atomic E-state index is -0.932. The van der Waals surface area contributed by atoms with Gasteiger partial charge in [-0.1, -0.05) is 19.0 Å². The Bertz CT molecular complexity index is 1200. The van der Waals surface area contributed by atoms with Crippen molar-refractivity contribution in [2.45, 2.75) is 26.3 Å². The molecule has 4 rings (SSSR count). The van der Waals surface area contributed by atoms with Crippen molar-refractivity contribution in [3.8, 4) is 11.5 Å². The van der Waals surface area contributed by atoms with Gasteiger partial charge in [-0.2, -0.15) is 4.98 Å². The zero-order chi connectivity index (χ0) is 20.5. The van der Waals surface area contributed by atoms with Crippen LogP contribution >= 0.6 is 0 Å². The summed E-state index contributed by atoms with van der Waals surface area (Å²) in [5.74, 6) is -0.790. The Morgan fingerprint density at radius 1 is 1.21 bits per heavy atom. The topological polar surface area (TPSA) is 98.2 Å². The molecule has 29 heavy (non-hydrogen) atoms. The summed E-state index contributed by atoms with van der Waals surface area (Å²) in [7, 11) is 0. The molecule has 0 saturated heterocycles. The van der Waals surface area contributed by atoms with Gasteiger partial charge >= 0.3 is 0 Å². The van der Waals surface area contributed by atoms with Gasteiger partial charge in [0.2, 0.25) is 0 Å². The largest absolute Gasteiger partial charge is 0.345 e. The lowest BCUT2D eigenvalue weighted by Crippen LogP contribution is -2.25. The van der Waals surface area contributed by atoms with Gasteiger partial charge in [-0.25, -0.2) is 8.78 Å². The van der Waals surface area contributed by atoms with Gasteiger partial charge in [-0.3, -0.25) is 9.20 Å². The molecule has 0 unspecified atom stereocenters. The van der Waals surface area contributed by atoms with E-state index in [9.17, 15) is 13.6 Å². The molecule has 0 bridgehead atoms. The molecule has 8 nitrogen and oxygen atoms in total. The van der Waals surface area contributed by atoms with Crippen molar-refractivity contribution >= 4 is 11.6 Å². The van der Waals surface area contributed by atoms with Gasteiger partial charge in [0.25, 0.3) is 11.8 Å². The SMILES string of the molecule is CC(C)c1noc(-c2ccn3c(CNC(=O)c4ccc(F)cc4F)nnc3c2)n1. The summed E-state index contributed by atoms with van der Waals surface area (Å²) in [4.78, 5) is 16.5. The van der Waals surface area contributed by atoms with Crippen molar-refractivity contribution in [2.75, 3.05) is 0 Å². The van der Waals surface area contributed by atoms with E-state index in [1.165, 1.54) is 0 Å². The summed E-state index contributed by atoms with van der Waals surface area (Å²) in [6.45, 7) is 3.94. The number of amides is 1. The molecule has 0 saturated carbocycles. The van der Waals surface area contributed by atoms with Crippen LogP contribution in [0.3, 0.4) is 0 Å². The third-order valence-electron chi connectivity index (χ3n) is 4.27. The average molecular weight is 398 g/mol. The predicted molar refractivity (Wildman–Crippen MR) is 97.9 cm³/mol. The maximum absolute atomic E-state index is 13.7. The Labute approximate surface area is 163 Å². The number of rotatable bonds is 5. The number of pyridine rings is 1. The van der Waals surface area contributed by atoms with Crippen molar-refractivity contribution in [2.24, 2.45) is 0 Å². The fourth-order valence-electron chi connectivity index (χ4n) is 2.71. The third-order valence-corrected chi connectivity index (χ3v) is 4.27. The van der Waals surface area contributed by atoms with Crippen molar-refractivity contribution in [3.63, 3.8) is 0 Å². The number of halogens is 2. The number of fused-ring (bicyclic) bond motifs is 1. The molecule has 0 spiro atoms. The van der Waals surface area contributed by atoms with Crippen LogP contribution in [-0.2, 0) is 6.54 Å². The number of benzene rings is 1. The maximum Gasteiger partial charge on any atom is 0.258 e. The highest BCUT2D eigenvalue weighted by Gasteiger charge is 2.16. The molecule has 3 aromatic heterocycles. The Kier molecular flexibility index (Phi) is 4.75. The number of carbonyl (C=O) groups is 1. The number of nitrogens with one attached hydrogen (secondary N) is 1. The summed E-state index contributed by atoms with van der Waals surface area (Å²) in [5.41, 5.74) is 0.956. The zero-order valence-electron chi connectivity index (χ0n) is 15.6. The van der Waals surface area contributed by atoms with Gasteiger partial charge in [0.1, 0.15) is 11.6 Å². The predicted octanol–water partition coefficient (Wildman–Crippen LogP) is 3.11. The van der Waals surface area contributed by atoms with Crippen LogP contribution in [-0.4, -0.2) is 30.6 Å². The van der Waals surface area contributed by atoms with Crippen LogP contribution in [0.5, 0.6) is 0 Å². The molecule has 1 amide bonds. The molecular formula is C19H16F2N6O2. The van der Waals surface area contributed by atoms with Crippen molar-refractivity contribution in [1.29, 1.82) is 0 Å². The van der Waals surface area contributed by atoms with Crippen LogP contribution in [0.2, 0.25) is 0 Å². The number of hydrogen-bond donors (Lipinski definition) is 1. The fraction of sp³-hybridized carbons (Fsp3) is 0.211. The number of nitrogens with zero attached hydrogens (tertiary/aromatic N) is 5. The molecule has 1 N–H and O–H groups in total. The molecule has 0 aliphatic rings. The van der Waals surface area contributed by atoms with E-state index >= 15 is 0 Å². The van der Waals surface area contributed by atoms with Gasteiger partial charge < -0.3 is 9.84 Å². The first-order chi connectivity index (χ1) is 13.9. The number of carbonyl (C=O) groups excluding carboxylic acids is 1. The van der Waals surface area contributed by atoms with Gasteiger partial charge in [0.15, 0.2) is 17.3 Å². The highest BCUT2D eigenvalue weighted by molar-refractivity contribution is 5.94. The van der Waals surface area contributed by atoms with Gasteiger partial charge in [0.05, 0.1) is 12.1 Å². The molecule has 1 aromatic carbocycles. The molecule has 0 aliphatic carbocycles. The van der Waals surface area contributed by atoms with Crippen LogP contribution in [0, 0.1) is 11.6 Å². The second kappa shape index (κ2) is 7.38. The maximum atomic E-state index is 13.7. The summed E-state index contributed by atoms with van der Waals surface area (Å²) >= 11 is 0. The summed E-state index contributed by atoms with van der Waals surface area (Å²) in [6.07, 6.45) is 1.71. The molecule has 148 valence electrons. The first-order valence-electron chi connectivity index (χ1n) is 8.83. The molecule has 10 heteroatoms. The average Bonchev–Trinajstić information content (AvgIpc) is 3.33. The fourth-order valence-corrected chi connectivity index (χ4v) is 2.71. The van der Waals surface area contributed by atoms with E-state index in [2.05, 4.69) is 25.7 Å². The quantitative estimate of drug-likeness (QED) is 0.555. The number of aromatic nitrogens is 5. The third kappa shape index (κ3) is 3.68. The molecule has 3 heterocycles. The van der Waals surface area contributed by atoms with E-state index in [0.29, 0.717) is 34.8 Å². The molecule has 0 radical (unpaired) electrons. The van der Waals surface area contributed by atoms with E-state index in [-0.39, 0.29) is 18.0 Å². The van der Waals surface area contributed by atoms with E-state index in [1.54, 1.807) is 22.7 Å². The highest BCUT2D eigenvalue weighted by atomic mass is 19.1. The first-order valence-corrected chi connectivity index (χ1v) is 8.83. The van der Waals surface area contributed by atoms with Crippen LogP contribution in [0.15, 0.2) is 41.1 Å². The van der Waals surface area contributed by atoms with Crippen LogP contribution in [0.25, 0.3) is 17.1 Å². The lowest BCUT2D eigenvalue weighted by Gasteiger charge is -2.05. The molecule has 0 atom stereocenters. The van der Waals surface area contributed by atoms with Gasteiger partial charge in [0, 0.05) is 23.7 Å². The summed E-state index contributed by atoms with van der Waals surface area (Å²) < 4.78 is 33.7. The molecule has 4 aromatic rings. The van der Waals surface area contributed by atoms with Gasteiger partial charge in [-0.15, -0.1) is 10.2 Å². The minimum Gasteiger partial charge on any atom is -0.345 e. The van der Waals surface area contributed by atoms with Crippen molar-refractivity contribution in [3.05, 3.63) is 65.4 Å². The zero-order valence-corrected chi connectivity index (χ0v) is 15.6. The first kappa shape index (κ1) is 18.7. The Hall–Kier alpha value is -3.69. The van der Waals surface area contributed by atoms with Crippen LogP contribution < -0.4 is 5.32 Å². The Balaban J connectivity index is 1.52. The summed E-state index contributed by atoms with van der Waals surface area (Å²) in [6, 6.07) is 6.26. The van der Waals surface area contributed by atoms with E-state index < -0.39 is 17.5 Å². The number of hydrogen-bond acceptors (Lipinski definition) is 6. The van der Waals surface area contributed by atoms with Crippen LogP contribution in [0.1, 0.15) is 41.8 Å². The van der Waals surface area contributed by atoms with E-state index in [1.807, 2.05) is 13.8 Å². The van der Waals surface area contributed by atoms with Gasteiger partial charge in [-0.05, 0) is 24.3 Å². The van der Waals surface area contributed by atoms with Crippen molar-refractivity contribution in [1.82, 2.24) is 30.1 Å². The molecule has 0 fully saturated rings. The monoisotopic (exact) mass is 398 g/mol. The smallest absolute Gasteiger partial charge is 0.258 e. The Morgan fingerprint density at radius 2 is 2.03 bits per heavy atom. The molecule has 0 aliphatic heterocycles. The molecular weight excluding hydrogens is 382 g/mol. The van der Waals surface area contributed by atoms with E-state index in [4.69, 9.17) is 4.52 Å². The lowest BCUT2D eigenvalue weighted by molar-refractivity contribution is 0.0945. The highest BCUT2D eigenvalue weighted by Crippen LogP contribution is 2.21. The lowest BCUT2D eigenvalue weighted by atomic mass is 10.2. The minimum absolute atomic E-state index is 0.00815. The van der Waals surface area contributed by atoms with Crippen molar-refractivity contribution < 1.29 is 18.1 Å². The Morgan fingerprint density at radius 3 is 2.76 bits per heavy atom. The standard InChI is InChI=1S/C19H16F2N6O2/c1-10(2)17-23-19(29-26-17)11-5-6-27-15(7-11)24-25-16(27)9-22-18(28)13-4-3-12(20)8-14(13)21/h3-8,10H,9H2,1-2H3,(H,22,28). The van der Waals surface area contributed by atoms with Crippen LogP contribution in [0.4, 0.5) is 8.78 Å². The van der Waals surface area contributed by atoms with E-state index in [0.717, 1.165) is 12.1 Å².